The number of hydrogen-bond donors (Lipinski definition) is 2. The first-order chi connectivity index (χ1) is 8.69. The topological polar surface area (TPSA) is 67.7 Å². The number of hydrogen-bond acceptors (Lipinski definition) is 5. The Bertz CT molecular complexity index is 519. The molecule has 0 fully saturated rings. The highest BCUT2D eigenvalue weighted by atomic mass is 15.2. The van der Waals surface area contributed by atoms with E-state index in [0.717, 1.165) is 23.9 Å². The van der Waals surface area contributed by atoms with Gasteiger partial charge in [0.05, 0.1) is 6.54 Å². The molecule has 0 amide bonds. The zero-order chi connectivity index (χ0) is 13.0. The highest BCUT2D eigenvalue weighted by Crippen LogP contribution is 2.10. The van der Waals surface area contributed by atoms with Crippen molar-refractivity contribution >= 4 is 11.8 Å². The number of nitrogens with zero attached hydrogens (tertiary/aromatic N) is 4. The Kier molecular flexibility index (Phi) is 3.76. The predicted octanol–water partition coefficient (Wildman–Crippen LogP) is 1.56. The van der Waals surface area contributed by atoms with Gasteiger partial charge in [-0.05, 0) is 13.8 Å². The molecule has 0 unspecified atom stereocenters. The molecular formula is C12H18N6. The number of anilines is 2. The van der Waals surface area contributed by atoms with Crippen LogP contribution in [0.3, 0.4) is 0 Å². The van der Waals surface area contributed by atoms with E-state index in [0.29, 0.717) is 12.5 Å². The lowest BCUT2D eigenvalue weighted by molar-refractivity contribution is 0.810. The molecular weight excluding hydrogens is 228 g/mol. The second kappa shape index (κ2) is 5.48. The molecule has 2 N–H and O–H groups in total. The maximum absolute atomic E-state index is 4.38. The number of aromatic nitrogens is 4. The van der Waals surface area contributed by atoms with E-state index in [-0.39, 0.29) is 0 Å². The normalized spacial score (nSPS) is 10.4. The minimum atomic E-state index is 0.644. The first-order valence-electron chi connectivity index (χ1n) is 5.98. The van der Waals surface area contributed by atoms with E-state index in [1.807, 2.05) is 37.7 Å². The summed E-state index contributed by atoms with van der Waals surface area (Å²) in [6.45, 7) is 5.43. The third kappa shape index (κ3) is 2.97. The van der Waals surface area contributed by atoms with Crippen LogP contribution in [0.5, 0.6) is 0 Å². The summed E-state index contributed by atoms with van der Waals surface area (Å²) in [5.74, 6) is 2.43. The Balaban J connectivity index is 2.07. The van der Waals surface area contributed by atoms with Crippen molar-refractivity contribution in [1.82, 2.24) is 19.5 Å². The smallest absolute Gasteiger partial charge is 0.224 e. The van der Waals surface area contributed by atoms with Crippen LogP contribution in [0, 0.1) is 6.92 Å². The maximum atomic E-state index is 4.38. The van der Waals surface area contributed by atoms with Crippen LogP contribution in [0.25, 0.3) is 0 Å². The first-order valence-corrected chi connectivity index (χ1v) is 5.98. The zero-order valence-corrected chi connectivity index (χ0v) is 10.9. The SMILES string of the molecule is CCNc1nc(C)cc(NCc2nccn2C)n1. The summed E-state index contributed by atoms with van der Waals surface area (Å²) in [7, 11) is 1.97. The molecule has 0 bridgehead atoms. The number of imidazole rings is 1. The molecule has 0 atom stereocenters. The Hall–Kier alpha value is -2.11. The first kappa shape index (κ1) is 12.3. The van der Waals surface area contributed by atoms with E-state index in [9.17, 15) is 0 Å². The average Bonchev–Trinajstić information content (AvgIpc) is 2.72. The number of nitrogens with one attached hydrogen (secondary N) is 2. The van der Waals surface area contributed by atoms with Gasteiger partial charge in [0, 0.05) is 37.7 Å². The molecule has 96 valence electrons. The average molecular weight is 246 g/mol. The van der Waals surface area contributed by atoms with Crippen molar-refractivity contribution in [3.8, 4) is 0 Å². The molecule has 0 aromatic carbocycles. The summed E-state index contributed by atoms with van der Waals surface area (Å²) in [5.41, 5.74) is 0.934. The largest absolute Gasteiger partial charge is 0.363 e. The van der Waals surface area contributed by atoms with Crippen LogP contribution in [0.4, 0.5) is 11.8 Å². The van der Waals surface area contributed by atoms with Gasteiger partial charge in [-0.15, -0.1) is 0 Å². The predicted molar refractivity (Wildman–Crippen MR) is 71.5 cm³/mol. The molecule has 6 nitrogen and oxygen atoms in total. The lowest BCUT2D eigenvalue weighted by Crippen LogP contribution is -2.09. The fourth-order valence-corrected chi connectivity index (χ4v) is 1.63. The molecule has 0 radical (unpaired) electrons. The molecule has 0 saturated carbocycles. The highest BCUT2D eigenvalue weighted by Gasteiger charge is 2.03. The van der Waals surface area contributed by atoms with Gasteiger partial charge in [-0.3, -0.25) is 0 Å². The Morgan fingerprint density at radius 3 is 2.78 bits per heavy atom. The van der Waals surface area contributed by atoms with Gasteiger partial charge in [0.25, 0.3) is 0 Å². The van der Waals surface area contributed by atoms with Crippen LogP contribution in [0.1, 0.15) is 18.4 Å². The van der Waals surface area contributed by atoms with Gasteiger partial charge in [0.2, 0.25) is 5.95 Å². The second-order valence-electron chi connectivity index (χ2n) is 4.06. The third-order valence-electron chi connectivity index (χ3n) is 2.54. The molecule has 2 rings (SSSR count). The molecule has 0 saturated heterocycles. The van der Waals surface area contributed by atoms with E-state index >= 15 is 0 Å². The summed E-state index contributed by atoms with van der Waals surface area (Å²) in [5, 5.41) is 6.36. The van der Waals surface area contributed by atoms with E-state index in [2.05, 4.69) is 25.6 Å². The van der Waals surface area contributed by atoms with Crippen molar-refractivity contribution in [3.63, 3.8) is 0 Å². The van der Waals surface area contributed by atoms with E-state index in [4.69, 9.17) is 0 Å². The van der Waals surface area contributed by atoms with Crippen molar-refractivity contribution in [2.24, 2.45) is 7.05 Å². The van der Waals surface area contributed by atoms with Gasteiger partial charge < -0.3 is 15.2 Å². The van der Waals surface area contributed by atoms with Crippen LogP contribution < -0.4 is 10.6 Å². The molecule has 6 heteroatoms. The lowest BCUT2D eigenvalue weighted by atomic mass is 10.4. The quantitative estimate of drug-likeness (QED) is 0.838. The standard InChI is InChI=1S/C12H18N6/c1-4-13-12-16-9(2)7-10(17-12)15-8-11-14-5-6-18(11)3/h5-7H,4,8H2,1-3H3,(H2,13,15,16,17). The zero-order valence-electron chi connectivity index (χ0n) is 10.9. The molecule has 0 aliphatic heterocycles. The van der Waals surface area contributed by atoms with Crippen LogP contribution in [-0.2, 0) is 13.6 Å². The Morgan fingerprint density at radius 1 is 1.28 bits per heavy atom. The van der Waals surface area contributed by atoms with Crippen LogP contribution in [-0.4, -0.2) is 26.1 Å². The number of aryl methyl sites for hydroxylation is 2. The van der Waals surface area contributed by atoms with Gasteiger partial charge >= 0.3 is 0 Å². The minimum Gasteiger partial charge on any atom is -0.363 e. The minimum absolute atomic E-state index is 0.644. The molecule has 0 aliphatic rings. The van der Waals surface area contributed by atoms with Gasteiger partial charge in [-0.1, -0.05) is 0 Å². The molecule has 2 aromatic rings. The highest BCUT2D eigenvalue weighted by molar-refractivity contribution is 5.42. The van der Waals surface area contributed by atoms with Crippen LogP contribution >= 0.6 is 0 Å². The summed E-state index contributed by atoms with van der Waals surface area (Å²) in [4.78, 5) is 12.9. The van der Waals surface area contributed by atoms with Crippen molar-refractivity contribution < 1.29 is 0 Å². The van der Waals surface area contributed by atoms with E-state index in [1.54, 1.807) is 6.20 Å². The fraction of sp³-hybridized carbons (Fsp3) is 0.417. The Morgan fingerprint density at radius 2 is 2.11 bits per heavy atom. The summed E-state index contributed by atoms with van der Waals surface area (Å²) in [6, 6.07) is 1.92. The molecule has 18 heavy (non-hydrogen) atoms. The van der Waals surface area contributed by atoms with Crippen molar-refractivity contribution in [2.75, 3.05) is 17.2 Å². The van der Waals surface area contributed by atoms with Crippen LogP contribution in [0.15, 0.2) is 18.5 Å². The molecule has 0 spiro atoms. The Labute approximate surface area is 106 Å². The summed E-state index contributed by atoms with van der Waals surface area (Å²) in [6.07, 6.45) is 3.71. The molecule has 2 heterocycles. The van der Waals surface area contributed by atoms with Crippen molar-refractivity contribution in [3.05, 3.63) is 30.0 Å². The van der Waals surface area contributed by atoms with Crippen molar-refractivity contribution in [1.29, 1.82) is 0 Å². The van der Waals surface area contributed by atoms with Gasteiger partial charge in [-0.25, -0.2) is 9.97 Å². The van der Waals surface area contributed by atoms with Gasteiger partial charge in [0.1, 0.15) is 11.6 Å². The van der Waals surface area contributed by atoms with Crippen LogP contribution in [0.2, 0.25) is 0 Å². The maximum Gasteiger partial charge on any atom is 0.224 e. The fourth-order valence-electron chi connectivity index (χ4n) is 1.63. The number of rotatable bonds is 5. The third-order valence-corrected chi connectivity index (χ3v) is 2.54. The summed E-state index contributed by atoms with van der Waals surface area (Å²) >= 11 is 0. The molecule has 2 aromatic heterocycles. The van der Waals surface area contributed by atoms with E-state index < -0.39 is 0 Å². The lowest BCUT2D eigenvalue weighted by Gasteiger charge is -2.08. The van der Waals surface area contributed by atoms with E-state index in [1.165, 1.54) is 0 Å². The monoisotopic (exact) mass is 246 g/mol. The van der Waals surface area contributed by atoms with Gasteiger partial charge in [0.15, 0.2) is 0 Å². The molecule has 0 aliphatic carbocycles. The summed E-state index contributed by atoms with van der Waals surface area (Å²) < 4.78 is 1.98. The second-order valence-corrected chi connectivity index (χ2v) is 4.06. The van der Waals surface area contributed by atoms with Gasteiger partial charge in [-0.2, -0.15) is 4.98 Å². The van der Waals surface area contributed by atoms with Crippen molar-refractivity contribution in [2.45, 2.75) is 20.4 Å².